The maximum atomic E-state index is 13.0. The number of benzene rings is 1. The Kier molecular flexibility index (Phi) is 3.43. The van der Waals surface area contributed by atoms with Gasteiger partial charge in [0.05, 0.1) is 19.6 Å². The molecule has 14 heavy (non-hydrogen) atoms. The topological polar surface area (TPSA) is 59.0 Å². The number of hydrogen-bond acceptors (Lipinski definition) is 3. The van der Waals surface area contributed by atoms with Crippen molar-refractivity contribution < 1.29 is 9.13 Å². The van der Waals surface area contributed by atoms with Crippen LogP contribution in [0.2, 0.25) is 0 Å². The molecule has 0 aliphatic rings. The van der Waals surface area contributed by atoms with Crippen LogP contribution in [0.5, 0.6) is 5.75 Å². The maximum absolute atomic E-state index is 13.0. The minimum atomic E-state index is -0.468. The molecule has 1 rings (SSSR count). The molecule has 0 amide bonds. The largest absolute Gasteiger partial charge is 0.497 e. The standard InChI is InChI=1S/C10H11FN2O/c1-14-9-5-7(4-8(11)6-9)10(13)2-3-12/h4-6,10H,2,13H2,1H3. The third-order valence-corrected chi connectivity index (χ3v) is 1.87. The van der Waals surface area contributed by atoms with Gasteiger partial charge in [0, 0.05) is 12.1 Å². The Morgan fingerprint density at radius 1 is 1.57 bits per heavy atom. The van der Waals surface area contributed by atoms with Gasteiger partial charge in [0.15, 0.2) is 0 Å². The zero-order valence-corrected chi connectivity index (χ0v) is 7.83. The van der Waals surface area contributed by atoms with Crippen LogP contribution in [0, 0.1) is 17.1 Å². The Hall–Kier alpha value is -1.60. The van der Waals surface area contributed by atoms with E-state index in [1.54, 1.807) is 6.07 Å². The van der Waals surface area contributed by atoms with Crippen LogP contribution in [0.15, 0.2) is 18.2 Å². The number of nitriles is 1. The summed E-state index contributed by atoms with van der Waals surface area (Å²) in [5.41, 5.74) is 6.23. The van der Waals surface area contributed by atoms with Crippen LogP contribution in [-0.4, -0.2) is 7.11 Å². The molecule has 0 saturated carbocycles. The maximum Gasteiger partial charge on any atom is 0.127 e. The van der Waals surface area contributed by atoms with Gasteiger partial charge in [-0.15, -0.1) is 0 Å². The van der Waals surface area contributed by atoms with Gasteiger partial charge in [0.2, 0.25) is 0 Å². The lowest BCUT2D eigenvalue weighted by Gasteiger charge is -2.09. The molecule has 1 unspecified atom stereocenters. The summed E-state index contributed by atoms with van der Waals surface area (Å²) in [6, 6.07) is 5.67. The first-order chi connectivity index (χ1) is 6.67. The van der Waals surface area contributed by atoms with E-state index in [0.717, 1.165) is 0 Å². The van der Waals surface area contributed by atoms with Gasteiger partial charge in [0.25, 0.3) is 0 Å². The molecule has 74 valence electrons. The number of hydrogen-bond donors (Lipinski definition) is 1. The number of nitrogens with two attached hydrogens (primary N) is 1. The summed E-state index contributed by atoms with van der Waals surface area (Å²) in [4.78, 5) is 0. The third kappa shape index (κ3) is 2.44. The molecule has 1 aromatic rings. The lowest BCUT2D eigenvalue weighted by atomic mass is 10.1. The zero-order valence-electron chi connectivity index (χ0n) is 7.83. The quantitative estimate of drug-likeness (QED) is 0.797. The minimum absolute atomic E-state index is 0.159. The molecule has 3 nitrogen and oxygen atoms in total. The molecule has 1 atom stereocenters. The fraction of sp³-hybridized carbons (Fsp3) is 0.300. The second-order valence-corrected chi connectivity index (χ2v) is 2.89. The smallest absolute Gasteiger partial charge is 0.127 e. The van der Waals surface area contributed by atoms with Crippen LogP contribution in [0.25, 0.3) is 0 Å². The number of methoxy groups -OCH3 is 1. The predicted molar refractivity (Wildman–Crippen MR) is 50.1 cm³/mol. The van der Waals surface area contributed by atoms with E-state index < -0.39 is 11.9 Å². The van der Waals surface area contributed by atoms with Crippen molar-refractivity contribution in [2.24, 2.45) is 5.73 Å². The first kappa shape index (κ1) is 10.5. The normalized spacial score (nSPS) is 11.9. The van der Waals surface area contributed by atoms with E-state index in [1.807, 2.05) is 6.07 Å². The molecule has 0 aliphatic carbocycles. The zero-order chi connectivity index (χ0) is 10.6. The molecule has 0 saturated heterocycles. The summed E-state index contributed by atoms with van der Waals surface area (Å²) in [5.74, 6) is 0.00105. The summed E-state index contributed by atoms with van der Waals surface area (Å²) >= 11 is 0. The van der Waals surface area contributed by atoms with E-state index in [-0.39, 0.29) is 6.42 Å². The molecule has 0 heterocycles. The predicted octanol–water partition coefficient (Wildman–Crippen LogP) is 1.75. The number of rotatable bonds is 3. The van der Waals surface area contributed by atoms with Crippen molar-refractivity contribution >= 4 is 0 Å². The van der Waals surface area contributed by atoms with Crippen molar-refractivity contribution in [1.82, 2.24) is 0 Å². The molecule has 0 fully saturated rings. The SMILES string of the molecule is COc1cc(F)cc(C(N)CC#N)c1. The molecular formula is C10H11FN2O. The highest BCUT2D eigenvalue weighted by molar-refractivity contribution is 5.31. The molecule has 1 aromatic carbocycles. The Bertz CT molecular complexity index is 360. The molecule has 0 aliphatic heterocycles. The highest BCUT2D eigenvalue weighted by Crippen LogP contribution is 2.21. The monoisotopic (exact) mass is 194 g/mol. The lowest BCUT2D eigenvalue weighted by Crippen LogP contribution is -2.09. The third-order valence-electron chi connectivity index (χ3n) is 1.87. The number of nitrogens with zero attached hydrogens (tertiary/aromatic N) is 1. The summed E-state index contributed by atoms with van der Waals surface area (Å²) in [6.07, 6.45) is 0.159. The first-order valence-corrected chi connectivity index (χ1v) is 4.14. The number of halogens is 1. The molecule has 0 bridgehead atoms. The van der Waals surface area contributed by atoms with Gasteiger partial charge in [-0.05, 0) is 17.7 Å². The minimum Gasteiger partial charge on any atom is -0.497 e. The second-order valence-electron chi connectivity index (χ2n) is 2.89. The van der Waals surface area contributed by atoms with E-state index >= 15 is 0 Å². The second kappa shape index (κ2) is 4.58. The van der Waals surface area contributed by atoms with Crippen LogP contribution in [0.1, 0.15) is 18.0 Å². The molecular weight excluding hydrogens is 183 g/mol. The highest BCUT2D eigenvalue weighted by Gasteiger charge is 2.08. The van der Waals surface area contributed by atoms with Crippen molar-refractivity contribution in [3.05, 3.63) is 29.6 Å². The Morgan fingerprint density at radius 3 is 2.86 bits per heavy atom. The van der Waals surface area contributed by atoms with E-state index in [1.165, 1.54) is 19.2 Å². The average Bonchev–Trinajstić information content (AvgIpc) is 2.17. The molecule has 4 heteroatoms. The van der Waals surface area contributed by atoms with Crippen molar-refractivity contribution in [1.29, 1.82) is 5.26 Å². The van der Waals surface area contributed by atoms with Crippen LogP contribution in [0.3, 0.4) is 0 Å². The first-order valence-electron chi connectivity index (χ1n) is 4.14. The van der Waals surface area contributed by atoms with Gasteiger partial charge in [0.1, 0.15) is 11.6 Å². The molecule has 0 spiro atoms. The van der Waals surface area contributed by atoms with Gasteiger partial charge >= 0.3 is 0 Å². The van der Waals surface area contributed by atoms with Crippen LogP contribution in [0.4, 0.5) is 4.39 Å². The Labute approximate surface area is 81.9 Å². The van der Waals surface area contributed by atoms with E-state index in [4.69, 9.17) is 15.7 Å². The van der Waals surface area contributed by atoms with Gasteiger partial charge in [-0.25, -0.2) is 4.39 Å². The van der Waals surface area contributed by atoms with Crippen molar-refractivity contribution in [2.75, 3.05) is 7.11 Å². The number of ether oxygens (including phenoxy) is 1. The van der Waals surface area contributed by atoms with Crippen LogP contribution < -0.4 is 10.5 Å². The summed E-state index contributed by atoms with van der Waals surface area (Å²) in [7, 11) is 1.45. The van der Waals surface area contributed by atoms with Crippen molar-refractivity contribution in [3.8, 4) is 11.8 Å². The summed E-state index contributed by atoms with van der Waals surface area (Å²) < 4.78 is 17.9. The van der Waals surface area contributed by atoms with Crippen molar-refractivity contribution in [2.45, 2.75) is 12.5 Å². The summed E-state index contributed by atoms with van der Waals surface area (Å²) in [5, 5.41) is 8.44. The Balaban J connectivity index is 2.97. The highest BCUT2D eigenvalue weighted by atomic mass is 19.1. The fourth-order valence-electron chi connectivity index (χ4n) is 1.13. The van der Waals surface area contributed by atoms with Gasteiger partial charge in [-0.1, -0.05) is 0 Å². The van der Waals surface area contributed by atoms with Gasteiger partial charge < -0.3 is 10.5 Å². The molecule has 0 radical (unpaired) electrons. The van der Waals surface area contributed by atoms with E-state index in [9.17, 15) is 4.39 Å². The van der Waals surface area contributed by atoms with Gasteiger partial charge in [-0.2, -0.15) is 5.26 Å². The molecule has 0 aromatic heterocycles. The Morgan fingerprint density at radius 2 is 2.29 bits per heavy atom. The van der Waals surface area contributed by atoms with E-state index in [0.29, 0.717) is 11.3 Å². The summed E-state index contributed by atoms with van der Waals surface area (Å²) in [6.45, 7) is 0. The average molecular weight is 194 g/mol. The molecule has 2 N–H and O–H groups in total. The fourth-order valence-corrected chi connectivity index (χ4v) is 1.13. The lowest BCUT2D eigenvalue weighted by molar-refractivity contribution is 0.410. The van der Waals surface area contributed by atoms with Crippen LogP contribution in [-0.2, 0) is 0 Å². The van der Waals surface area contributed by atoms with E-state index in [2.05, 4.69) is 0 Å². The van der Waals surface area contributed by atoms with Crippen molar-refractivity contribution in [3.63, 3.8) is 0 Å². The van der Waals surface area contributed by atoms with Crippen LogP contribution >= 0.6 is 0 Å². The van der Waals surface area contributed by atoms with Gasteiger partial charge in [-0.3, -0.25) is 0 Å².